The van der Waals surface area contributed by atoms with Crippen LogP contribution in [-0.2, 0) is 11.2 Å². The van der Waals surface area contributed by atoms with E-state index in [-0.39, 0.29) is 11.7 Å². The van der Waals surface area contributed by atoms with Gasteiger partial charge in [-0.25, -0.2) is 0 Å². The maximum atomic E-state index is 12.3. The molecular weight excluding hydrogens is 258 g/mol. The molecule has 0 radical (unpaired) electrons. The monoisotopic (exact) mass is 279 g/mol. The molecule has 0 saturated heterocycles. The number of carbonyl (C=O) groups is 1. The Kier molecular flexibility index (Phi) is 4.75. The molecule has 0 heterocycles. The molecule has 1 fully saturated rings. The number of thioether (sulfide) groups is 1. The van der Waals surface area contributed by atoms with E-state index in [0.717, 1.165) is 12.0 Å². The van der Waals surface area contributed by atoms with Crippen LogP contribution in [0.25, 0.3) is 0 Å². The average molecular weight is 279 g/mol. The first-order chi connectivity index (χ1) is 9.11. The molecule has 2 atom stereocenters. The summed E-state index contributed by atoms with van der Waals surface area (Å²) in [7, 11) is 1.91. The molecule has 0 unspecified atom stereocenters. The van der Waals surface area contributed by atoms with Gasteiger partial charge < -0.3 is 10.0 Å². The normalized spacial score (nSPS) is 22.4. The van der Waals surface area contributed by atoms with Crippen LogP contribution in [-0.4, -0.2) is 40.5 Å². The highest BCUT2D eigenvalue weighted by Gasteiger charge is 2.31. The van der Waals surface area contributed by atoms with Gasteiger partial charge in [0, 0.05) is 18.3 Å². The van der Waals surface area contributed by atoms with Gasteiger partial charge in [0.15, 0.2) is 0 Å². The third-order valence-corrected chi connectivity index (χ3v) is 5.03. The summed E-state index contributed by atoms with van der Waals surface area (Å²) in [5, 5.41) is 10.00. The summed E-state index contributed by atoms with van der Waals surface area (Å²) in [5.41, 5.74) is 0.871. The van der Waals surface area contributed by atoms with Crippen LogP contribution in [0.3, 0.4) is 0 Å². The zero-order valence-electron chi connectivity index (χ0n) is 11.5. The number of amides is 1. The largest absolute Gasteiger partial charge is 0.508 e. The molecule has 1 N–H and O–H groups in total. The summed E-state index contributed by atoms with van der Waals surface area (Å²) in [6.45, 7) is 0. The number of phenols is 1. The van der Waals surface area contributed by atoms with Crippen molar-refractivity contribution in [1.82, 2.24) is 4.90 Å². The highest BCUT2D eigenvalue weighted by Crippen LogP contribution is 2.31. The Bertz CT molecular complexity index is 450. The molecule has 1 amide bonds. The van der Waals surface area contributed by atoms with E-state index in [1.807, 2.05) is 29.8 Å². The lowest BCUT2D eigenvalue weighted by Gasteiger charge is -2.29. The number of hydrogen-bond acceptors (Lipinski definition) is 3. The molecule has 0 aliphatic heterocycles. The van der Waals surface area contributed by atoms with Gasteiger partial charge in [0.05, 0.1) is 6.42 Å². The molecule has 1 aromatic rings. The number of benzene rings is 1. The summed E-state index contributed by atoms with van der Waals surface area (Å²) in [6.07, 6.45) is 6.00. The number of phenolic OH excluding ortho intramolecular Hbond substituents is 1. The van der Waals surface area contributed by atoms with Gasteiger partial charge in [-0.3, -0.25) is 4.79 Å². The van der Waals surface area contributed by atoms with Crippen LogP contribution in [0.5, 0.6) is 5.75 Å². The van der Waals surface area contributed by atoms with E-state index in [9.17, 15) is 9.90 Å². The van der Waals surface area contributed by atoms with Crippen LogP contribution < -0.4 is 0 Å². The van der Waals surface area contributed by atoms with Gasteiger partial charge in [-0.2, -0.15) is 11.8 Å². The lowest BCUT2D eigenvalue weighted by molar-refractivity contribution is -0.131. The van der Waals surface area contributed by atoms with E-state index in [0.29, 0.717) is 17.7 Å². The first-order valence-corrected chi connectivity index (χ1v) is 7.97. The maximum absolute atomic E-state index is 12.3. The van der Waals surface area contributed by atoms with Crippen molar-refractivity contribution in [3.05, 3.63) is 29.8 Å². The SMILES string of the molecule is CS[C@@H]1CCC[C@@H]1N(C)C(=O)Cc1cccc(O)c1. The minimum absolute atomic E-state index is 0.136. The van der Waals surface area contributed by atoms with Crippen molar-refractivity contribution in [3.8, 4) is 5.75 Å². The first-order valence-electron chi connectivity index (χ1n) is 6.68. The average Bonchev–Trinajstić information content (AvgIpc) is 2.86. The number of likely N-dealkylation sites (N-methyl/N-ethyl adjacent to an activating group) is 1. The lowest BCUT2D eigenvalue weighted by Crippen LogP contribution is -2.41. The van der Waals surface area contributed by atoms with E-state index >= 15 is 0 Å². The fourth-order valence-corrected chi connectivity index (χ4v) is 3.81. The van der Waals surface area contributed by atoms with Crippen molar-refractivity contribution in [1.29, 1.82) is 0 Å². The fourth-order valence-electron chi connectivity index (χ4n) is 2.78. The van der Waals surface area contributed by atoms with Crippen LogP contribution in [0.4, 0.5) is 0 Å². The Morgan fingerprint density at radius 2 is 2.26 bits per heavy atom. The second kappa shape index (κ2) is 6.33. The van der Waals surface area contributed by atoms with Gasteiger partial charge >= 0.3 is 0 Å². The molecule has 2 rings (SSSR count). The van der Waals surface area contributed by atoms with Crippen molar-refractivity contribution in [2.24, 2.45) is 0 Å². The maximum Gasteiger partial charge on any atom is 0.227 e. The highest BCUT2D eigenvalue weighted by molar-refractivity contribution is 7.99. The molecule has 104 valence electrons. The fraction of sp³-hybridized carbons (Fsp3) is 0.533. The third-order valence-electron chi connectivity index (χ3n) is 3.88. The Morgan fingerprint density at radius 1 is 1.47 bits per heavy atom. The molecule has 1 saturated carbocycles. The number of nitrogens with zero attached hydrogens (tertiary/aromatic N) is 1. The molecule has 0 spiro atoms. The molecule has 1 aromatic carbocycles. The predicted octanol–water partition coefficient (Wildman–Crippen LogP) is 2.68. The number of aromatic hydroxyl groups is 1. The summed E-state index contributed by atoms with van der Waals surface area (Å²) in [6, 6.07) is 7.30. The molecule has 1 aliphatic rings. The van der Waals surface area contributed by atoms with Crippen molar-refractivity contribution < 1.29 is 9.90 Å². The quantitative estimate of drug-likeness (QED) is 0.921. The molecule has 4 heteroatoms. The van der Waals surface area contributed by atoms with Gasteiger partial charge in [0.2, 0.25) is 5.91 Å². The topological polar surface area (TPSA) is 40.5 Å². The number of hydrogen-bond donors (Lipinski definition) is 1. The minimum Gasteiger partial charge on any atom is -0.508 e. The van der Waals surface area contributed by atoms with E-state index in [4.69, 9.17) is 0 Å². The summed E-state index contributed by atoms with van der Waals surface area (Å²) < 4.78 is 0. The van der Waals surface area contributed by atoms with Crippen LogP contribution in [0.2, 0.25) is 0 Å². The molecule has 0 aromatic heterocycles. The molecule has 0 bridgehead atoms. The van der Waals surface area contributed by atoms with Gasteiger partial charge in [-0.1, -0.05) is 18.6 Å². The molecule has 3 nitrogen and oxygen atoms in total. The first kappa shape index (κ1) is 14.3. The van der Waals surface area contributed by atoms with Crippen LogP contribution in [0.1, 0.15) is 24.8 Å². The summed E-state index contributed by atoms with van der Waals surface area (Å²) in [4.78, 5) is 14.2. The Balaban J connectivity index is 1.99. The number of rotatable bonds is 4. The van der Waals surface area contributed by atoms with Crippen molar-refractivity contribution in [2.75, 3.05) is 13.3 Å². The lowest BCUT2D eigenvalue weighted by atomic mass is 10.1. The Hall–Kier alpha value is -1.16. The molecule has 1 aliphatic carbocycles. The Labute approximate surface area is 119 Å². The molecule has 19 heavy (non-hydrogen) atoms. The van der Waals surface area contributed by atoms with E-state index in [2.05, 4.69) is 6.26 Å². The zero-order valence-corrected chi connectivity index (χ0v) is 12.3. The van der Waals surface area contributed by atoms with Gasteiger partial charge in [-0.05, 0) is 36.8 Å². The second-order valence-corrected chi connectivity index (χ2v) is 6.20. The predicted molar refractivity (Wildman–Crippen MR) is 79.5 cm³/mol. The molecular formula is C15H21NO2S. The number of carbonyl (C=O) groups excluding carboxylic acids is 1. The van der Waals surface area contributed by atoms with Gasteiger partial charge in [0.25, 0.3) is 0 Å². The van der Waals surface area contributed by atoms with E-state index in [1.54, 1.807) is 18.2 Å². The summed E-state index contributed by atoms with van der Waals surface area (Å²) >= 11 is 1.86. The smallest absolute Gasteiger partial charge is 0.227 e. The van der Waals surface area contributed by atoms with Crippen LogP contribution in [0, 0.1) is 0 Å². The Morgan fingerprint density at radius 3 is 2.95 bits per heavy atom. The van der Waals surface area contributed by atoms with E-state index in [1.165, 1.54) is 12.8 Å². The van der Waals surface area contributed by atoms with Crippen molar-refractivity contribution in [2.45, 2.75) is 37.0 Å². The standard InChI is InChI=1S/C15H21NO2S/c1-16(13-7-4-8-14(13)19-2)15(18)10-11-5-3-6-12(17)9-11/h3,5-6,9,13-14,17H,4,7-8,10H2,1-2H3/t13-,14+/m0/s1. The summed E-state index contributed by atoms with van der Waals surface area (Å²) in [5.74, 6) is 0.354. The van der Waals surface area contributed by atoms with Crippen molar-refractivity contribution >= 4 is 17.7 Å². The second-order valence-electron chi connectivity index (χ2n) is 5.12. The minimum atomic E-state index is 0.136. The van der Waals surface area contributed by atoms with Crippen LogP contribution >= 0.6 is 11.8 Å². The highest BCUT2D eigenvalue weighted by atomic mass is 32.2. The zero-order chi connectivity index (χ0) is 13.8. The van der Waals surface area contributed by atoms with Crippen LogP contribution in [0.15, 0.2) is 24.3 Å². The third kappa shape index (κ3) is 3.44. The van der Waals surface area contributed by atoms with Gasteiger partial charge in [0.1, 0.15) is 5.75 Å². The van der Waals surface area contributed by atoms with Crippen molar-refractivity contribution in [3.63, 3.8) is 0 Å². The van der Waals surface area contributed by atoms with E-state index < -0.39 is 0 Å². The van der Waals surface area contributed by atoms with Gasteiger partial charge in [-0.15, -0.1) is 0 Å².